The molecule has 1 unspecified atom stereocenters. The lowest BCUT2D eigenvalue weighted by Gasteiger charge is -2.24. The number of benzene rings is 1. The van der Waals surface area contributed by atoms with Crippen LogP contribution < -0.4 is 10.6 Å². The van der Waals surface area contributed by atoms with Crippen LogP contribution in [0.3, 0.4) is 0 Å². The number of nitrogens with zero attached hydrogens (tertiary/aromatic N) is 1. The number of hydrogen-bond acceptors (Lipinski definition) is 3. The predicted octanol–water partition coefficient (Wildman–Crippen LogP) is 1.50. The van der Waals surface area contributed by atoms with Gasteiger partial charge in [-0.1, -0.05) is 0 Å². The Morgan fingerprint density at radius 2 is 2.26 bits per heavy atom. The summed E-state index contributed by atoms with van der Waals surface area (Å²) < 4.78 is 13.6. The molecule has 3 N–H and O–H groups in total. The molecule has 0 saturated carbocycles. The molecule has 1 aliphatic heterocycles. The van der Waals surface area contributed by atoms with Crippen molar-refractivity contribution in [2.75, 3.05) is 18.0 Å². The summed E-state index contributed by atoms with van der Waals surface area (Å²) in [6.07, 6.45) is -0.0527. The second-order valence-electron chi connectivity index (χ2n) is 5.17. The Bertz CT molecular complexity index is 502. The standard InChI is InChI=1S/C14H19FN2O2/c1-8-5-13(11(9(2)18)6-12(8)15)17-4-3-10(7-17)14(16)19/h5-6,9-10,18H,3-4,7H2,1-2H3,(H2,16,19)/t9-,10?/m1/s1. The van der Waals surface area contributed by atoms with Crippen LogP contribution in [0.4, 0.5) is 10.1 Å². The number of nitrogens with two attached hydrogens (primary N) is 1. The van der Waals surface area contributed by atoms with Gasteiger partial charge in [-0.2, -0.15) is 0 Å². The summed E-state index contributed by atoms with van der Waals surface area (Å²) in [6.45, 7) is 4.51. The molecule has 1 fully saturated rings. The van der Waals surface area contributed by atoms with Gasteiger partial charge in [-0.05, 0) is 38.0 Å². The van der Waals surface area contributed by atoms with Crippen LogP contribution in [0.2, 0.25) is 0 Å². The van der Waals surface area contributed by atoms with E-state index in [0.29, 0.717) is 30.6 Å². The van der Waals surface area contributed by atoms with Crippen molar-refractivity contribution in [1.82, 2.24) is 0 Å². The van der Waals surface area contributed by atoms with E-state index >= 15 is 0 Å². The Morgan fingerprint density at radius 1 is 1.58 bits per heavy atom. The van der Waals surface area contributed by atoms with Gasteiger partial charge < -0.3 is 15.7 Å². The number of amides is 1. The molecule has 1 aromatic rings. The zero-order valence-electron chi connectivity index (χ0n) is 11.2. The molecule has 1 aromatic carbocycles. The van der Waals surface area contributed by atoms with Gasteiger partial charge in [0.15, 0.2) is 0 Å². The summed E-state index contributed by atoms with van der Waals surface area (Å²) in [6, 6.07) is 3.09. The third-order valence-corrected chi connectivity index (χ3v) is 3.69. The summed E-state index contributed by atoms with van der Waals surface area (Å²) in [7, 11) is 0. The number of halogens is 1. The fourth-order valence-corrected chi connectivity index (χ4v) is 2.50. The predicted molar refractivity (Wildman–Crippen MR) is 71.3 cm³/mol. The maximum Gasteiger partial charge on any atom is 0.222 e. The molecule has 2 rings (SSSR count). The molecule has 0 aromatic heterocycles. The number of carbonyl (C=O) groups excluding carboxylic acids is 1. The lowest BCUT2D eigenvalue weighted by atomic mass is 10.0. The first-order chi connectivity index (χ1) is 8.90. The van der Waals surface area contributed by atoms with Crippen molar-refractivity contribution in [3.05, 3.63) is 29.1 Å². The van der Waals surface area contributed by atoms with Gasteiger partial charge in [0.1, 0.15) is 5.82 Å². The van der Waals surface area contributed by atoms with E-state index in [4.69, 9.17) is 5.73 Å². The molecule has 2 atom stereocenters. The van der Waals surface area contributed by atoms with Gasteiger partial charge in [-0.25, -0.2) is 4.39 Å². The second-order valence-corrected chi connectivity index (χ2v) is 5.17. The van der Waals surface area contributed by atoms with Crippen LogP contribution in [0.15, 0.2) is 12.1 Å². The van der Waals surface area contributed by atoms with Crippen LogP contribution in [0.1, 0.15) is 30.6 Å². The van der Waals surface area contributed by atoms with E-state index in [1.165, 1.54) is 6.07 Å². The maximum absolute atomic E-state index is 13.6. The molecule has 4 nitrogen and oxygen atoms in total. The number of primary amides is 1. The van der Waals surface area contributed by atoms with Crippen molar-refractivity contribution < 1.29 is 14.3 Å². The molecule has 19 heavy (non-hydrogen) atoms. The summed E-state index contributed by atoms with van der Waals surface area (Å²) in [4.78, 5) is 13.2. The van der Waals surface area contributed by atoms with Crippen LogP contribution >= 0.6 is 0 Å². The number of aryl methyl sites for hydroxylation is 1. The van der Waals surface area contributed by atoms with Crippen molar-refractivity contribution in [2.24, 2.45) is 11.7 Å². The zero-order valence-corrected chi connectivity index (χ0v) is 11.2. The first kappa shape index (κ1) is 13.8. The number of aliphatic hydroxyl groups excluding tert-OH is 1. The Balaban J connectivity index is 2.34. The molecule has 0 spiro atoms. The van der Waals surface area contributed by atoms with Gasteiger partial charge in [0.25, 0.3) is 0 Å². The molecular weight excluding hydrogens is 247 g/mol. The molecule has 1 heterocycles. The molecule has 5 heteroatoms. The van der Waals surface area contributed by atoms with Crippen LogP contribution in [-0.4, -0.2) is 24.1 Å². The van der Waals surface area contributed by atoms with Crippen LogP contribution in [-0.2, 0) is 4.79 Å². The molecule has 1 amide bonds. The Morgan fingerprint density at radius 3 is 2.79 bits per heavy atom. The van der Waals surface area contributed by atoms with Crippen LogP contribution in [0.25, 0.3) is 0 Å². The monoisotopic (exact) mass is 266 g/mol. The molecule has 1 aliphatic rings. The lowest BCUT2D eigenvalue weighted by molar-refractivity contribution is -0.121. The van der Waals surface area contributed by atoms with Crippen molar-refractivity contribution in [3.63, 3.8) is 0 Å². The summed E-state index contributed by atoms with van der Waals surface area (Å²) >= 11 is 0. The molecular formula is C14H19FN2O2. The average molecular weight is 266 g/mol. The highest BCUT2D eigenvalue weighted by molar-refractivity contribution is 5.78. The van der Waals surface area contributed by atoms with E-state index in [1.54, 1.807) is 19.9 Å². The van der Waals surface area contributed by atoms with Gasteiger partial charge in [-0.15, -0.1) is 0 Å². The number of hydrogen-bond donors (Lipinski definition) is 2. The number of aliphatic hydroxyl groups is 1. The lowest BCUT2D eigenvalue weighted by Crippen LogP contribution is -2.28. The van der Waals surface area contributed by atoms with Crippen LogP contribution in [0, 0.1) is 18.7 Å². The Kier molecular flexibility index (Phi) is 3.75. The zero-order chi connectivity index (χ0) is 14.2. The number of rotatable bonds is 3. The smallest absolute Gasteiger partial charge is 0.222 e. The Labute approximate surface area is 112 Å². The van der Waals surface area contributed by atoms with Gasteiger partial charge in [0.2, 0.25) is 5.91 Å². The van der Waals surface area contributed by atoms with Gasteiger partial charge in [-0.3, -0.25) is 4.79 Å². The highest BCUT2D eigenvalue weighted by Gasteiger charge is 2.28. The molecule has 104 valence electrons. The molecule has 0 radical (unpaired) electrons. The molecule has 1 saturated heterocycles. The summed E-state index contributed by atoms with van der Waals surface area (Å²) in [5.74, 6) is -0.808. The van der Waals surface area contributed by atoms with E-state index in [9.17, 15) is 14.3 Å². The third kappa shape index (κ3) is 2.71. The fraction of sp³-hybridized carbons (Fsp3) is 0.500. The highest BCUT2D eigenvalue weighted by Crippen LogP contribution is 2.32. The van der Waals surface area contributed by atoms with Crippen LogP contribution in [0.5, 0.6) is 0 Å². The second kappa shape index (κ2) is 5.17. The van der Waals surface area contributed by atoms with Gasteiger partial charge in [0, 0.05) is 24.3 Å². The fourth-order valence-electron chi connectivity index (χ4n) is 2.50. The van der Waals surface area contributed by atoms with Gasteiger partial charge >= 0.3 is 0 Å². The first-order valence-corrected chi connectivity index (χ1v) is 6.42. The van der Waals surface area contributed by atoms with Crippen molar-refractivity contribution in [1.29, 1.82) is 0 Å². The molecule has 0 bridgehead atoms. The van der Waals surface area contributed by atoms with E-state index in [0.717, 1.165) is 5.69 Å². The normalized spacial score (nSPS) is 20.6. The highest BCUT2D eigenvalue weighted by atomic mass is 19.1. The first-order valence-electron chi connectivity index (χ1n) is 6.42. The maximum atomic E-state index is 13.6. The minimum absolute atomic E-state index is 0.174. The third-order valence-electron chi connectivity index (χ3n) is 3.69. The van der Waals surface area contributed by atoms with E-state index in [1.807, 2.05) is 4.90 Å². The van der Waals surface area contributed by atoms with E-state index in [2.05, 4.69) is 0 Å². The average Bonchev–Trinajstić information content (AvgIpc) is 2.81. The largest absolute Gasteiger partial charge is 0.389 e. The number of carbonyl (C=O) groups is 1. The number of anilines is 1. The SMILES string of the molecule is Cc1cc(N2CCC(C(N)=O)C2)c([C@@H](C)O)cc1F. The summed E-state index contributed by atoms with van der Waals surface area (Å²) in [5.41, 5.74) is 7.18. The van der Waals surface area contributed by atoms with Crippen molar-refractivity contribution >= 4 is 11.6 Å². The Hall–Kier alpha value is -1.62. The topological polar surface area (TPSA) is 66.6 Å². The van der Waals surface area contributed by atoms with E-state index < -0.39 is 6.10 Å². The van der Waals surface area contributed by atoms with E-state index in [-0.39, 0.29) is 17.6 Å². The minimum Gasteiger partial charge on any atom is -0.389 e. The summed E-state index contributed by atoms with van der Waals surface area (Å²) in [5, 5.41) is 9.77. The van der Waals surface area contributed by atoms with Gasteiger partial charge in [0.05, 0.1) is 12.0 Å². The quantitative estimate of drug-likeness (QED) is 0.871. The van der Waals surface area contributed by atoms with Crippen molar-refractivity contribution in [3.8, 4) is 0 Å². The molecule has 0 aliphatic carbocycles. The minimum atomic E-state index is -0.752. The van der Waals surface area contributed by atoms with Crippen molar-refractivity contribution in [2.45, 2.75) is 26.4 Å².